The quantitative estimate of drug-likeness (QED) is 0.659. The molecule has 2 aromatic heterocycles. The van der Waals surface area contributed by atoms with E-state index in [1.807, 2.05) is 6.07 Å². The number of ether oxygens (including phenoxy) is 1. The van der Waals surface area contributed by atoms with Crippen LogP contribution in [0.3, 0.4) is 0 Å². The van der Waals surface area contributed by atoms with E-state index < -0.39 is 0 Å². The molecule has 0 aliphatic carbocycles. The molecule has 4 heterocycles. The molecular formula is C17H14ClN3OS. The first-order valence-corrected chi connectivity index (χ1v) is 8.94. The lowest BCUT2D eigenvalue weighted by molar-refractivity contribution is 0.0990. The van der Waals surface area contributed by atoms with Gasteiger partial charge in [-0.15, -0.1) is 11.3 Å². The Labute approximate surface area is 142 Å². The van der Waals surface area contributed by atoms with Gasteiger partial charge in [0, 0.05) is 17.5 Å². The molecule has 0 N–H and O–H groups in total. The monoisotopic (exact) mass is 343 g/mol. The van der Waals surface area contributed by atoms with Gasteiger partial charge in [0.05, 0.1) is 24.1 Å². The molecule has 1 aromatic carbocycles. The van der Waals surface area contributed by atoms with Gasteiger partial charge in [0.15, 0.2) is 0 Å². The second kappa shape index (κ2) is 5.16. The van der Waals surface area contributed by atoms with Crippen molar-refractivity contribution in [3.8, 4) is 11.1 Å². The summed E-state index contributed by atoms with van der Waals surface area (Å²) in [7, 11) is 0. The van der Waals surface area contributed by atoms with Crippen LogP contribution in [0.15, 0.2) is 35.7 Å². The van der Waals surface area contributed by atoms with Crippen molar-refractivity contribution in [3.63, 3.8) is 0 Å². The van der Waals surface area contributed by atoms with Crippen LogP contribution in [-0.2, 0) is 4.74 Å². The van der Waals surface area contributed by atoms with Gasteiger partial charge in [0.1, 0.15) is 10.6 Å². The Morgan fingerprint density at radius 2 is 2.09 bits per heavy atom. The van der Waals surface area contributed by atoms with Crippen LogP contribution in [0.1, 0.15) is 6.42 Å². The van der Waals surface area contributed by atoms with Crippen LogP contribution in [0.25, 0.3) is 21.3 Å². The molecule has 6 heteroatoms. The van der Waals surface area contributed by atoms with Gasteiger partial charge in [-0.2, -0.15) is 4.98 Å². The molecule has 4 nitrogen and oxygen atoms in total. The maximum absolute atomic E-state index is 6.19. The molecule has 2 aliphatic heterocycles. The van der Waals surface area contributed by atoms with Crippen molar-refractivity contribution in [1.82, 2.24) is 9.97 Å². The van der Waals surface area contributed by atoms with E-state index in [4.69, 9.17) is 16.3 Å². The fourth-order valence-electron chi connectivity index (χ4n) is 3.60. The number of anilines is 1. The molecule has 23 heavy (non-hydrogen) atoms. The summed E-state index contributed by atoms with van der Waals surface area (Å²) in [6.45, 7) is 1.66. The Morgan fingerprint density at radius 1 is 1.22 bits per heavy atom. The summed E-state index contributed by atoms with van der Waals surface area (Å²) >= 11 is 7.81. The third kappa shape index (κ3) is 2.15. The van der Waals surface area contributed by atoms with Crippen LogP contribution in [0.2, 0.25) is 5.28 Å². The van der Waals surface area contributed by atoms with Crippen molar-refractivity contribution in [2.75, 3.05) is 18.1 Å². The van der Waals surface area contributed by atoms with Crippen molar-refractivity contribution in [3.05, 3.63) is 41.0 Å². The maximum atomic E-state index is 6.19. The van der Waals surface area contributed by atoms with Gasteiger partial charge >= 0.3 is 0 Å². The zero-order valence-electron chi connectivity index (χ0n) is 12.3. The molecule has 2 bridgehead atoms. The lowest BCUT2D eigenvalue weighted by atomic mass is 10.1. The molecule has 2 fully saturated rings. The van der Waals surface area contributed by atoms with Gasteiger partial charge in [-0.05, 0) is 23.6 Å². The van der Waals surface area contributed by atoms with Gasteiger partial charge in [-0.25, -0.2) is 4.98 Å². The summed E-state index contributed by atoms with van der Waals surface area (Å²) in [6, 6.07) is 10.8. The second-order valence-corrected chi connectivity index (χ2v) is 7.21. The summed E-state index contributed by atoms with van der Waals surface area (Å²) in [5.41, 5.74) is 2.37. The van der Waals surface area contributed by atoms with E-state index in [2.05, 4.69) is 44.5 Å². The summed E-state index contributed by atoms with van der Waals surface area (Å²) in [5.74, 6) is 0.955. The van der Waals surface area contributed by atoms with Crippen molar-refractivity contribution in [1.29, 1.82) is 0 Å². The Kier molecular flexibility index (Phi) is 3.08. The highest BCUT2D eigenvalue weighted by Gasteiger charge is 2.40. The lowest BCUT2D eigenvalue weighted by Gasteiger charge is -2.28. The minimum absolute atomic E-state index is 0.317. The summed E-state index contributed by atoms with van der Waals surface area (Å²) in [5, 5.41) is 3.58. The van der Waals surface area contributed by atoms with E-state index in [0.717, 1.165) is 35.6 Å². The van der Waals surface area contributed by atoms with E-state index in [0.29, 0.717) is 17.4 Å². The molecule has 2 unspecified atom stereocenters. The van der Waals surface area contributed by atoms with Gasteiger partial charge in [-0.3, -0.25) is 0 Å². The number of halogens is 1. The predicted molar refractivity (Wildman–Crippen MR) is 93.4 cm³/mol. The van der Waals surface area contributed by atoms with Crippen LogP contribution in [-0.4, -0.2) is 35.3 Å². The molecular weight excluding hydrogens is 330 g/mol. The molecule has 0 saturated carbocycles. The van der Waals surface area contributed by atoms with Crippen molar-refractivity contribution in [2.45, 2.75) is 18.6 Å². The van der Waals surface area contributed by atoms with Crippen LogP contribution < -0.4 is 4.90 Å². The molecule has 0 spiro atoms. The molecule has 2 atom stereocenters. The average molecular weight is 344 g/mol. The Hall–Kier alpha value is -1.69. The van der Waals surface area contributed by atoms with Crippen LogP contribution in [0.4, 0.5) is 5.82 Å². The number of thiophene rings is 1. The summed E-state index contributed by atoms with van der Waals surface area (Å²) in [4.78, 5) is 12.3. The molecule has 5 rings (SSSR count). The minimum Gasteiger partial charge on any atom is -0.374 e. The van der Waals surface area contributed by atoms with Gasteiger partial charge in [0.2, 0.25) is 5.28 Å². The molecule has 116 valence electrons. The van der Waals surface area contributed by atoms with Gasteiger partial charge < -0.3 is 9.64 Å². The van der Waals surface area contributed by atoms with Crippen molar-refractivity contribution < 1.29 is 4.74 Å². The van der Waals surface area contributed by atoms with Crippen LogP contribution >= 0.6 is 22.9 Å². The average Bonchev–Trinajstić information content (AvgIpc) is 3.29. The van der Waals surface area contributed by atoms with Gasteiger partial charge in [0.25, 0.3) is 0 Å². The van der Waals surface area contributed by atoms with Crippen LogP contribution in [0, 0.1) is 0 Å². The largest absolute Gasteiger partial charge is 0.374 e. The first-order chi connectivity index (χ1) is 11.3. The van der Waals surface area contributed by atoms with E-state index in [9.17, 15) is 0 Å². The highest BCUT2D eigenvalue weighted by atomic mass is 35.5. The summed E-state index contributed by atoms with van der Waals surface area (Å²) < 4.78 is 5.73. The number of fused-ring (bicyclic) bond motifs is 3. The molecule has 0 amide bonds. The fourth-order valence-corrected chi connectivity index (χ4v) is 4.75. The smallest absolute Gasteiger partial charge is 0.225 e. The summed E-state index contributed by atoms with van der Waals surface area (Å²) in [6.07, 6.45) is 1.40. The Bertz CT molecular complexity index is 882. The highest BCUT2D eigenvalue weighted by Crippen LogP contribution is 2.42. The number of hydrogen-bond acceptors (Lipinski definition) is 5. The second-order valence-electron chi connectivity index (χ2n) is 6.01. The van der Waals surface area contributed by atoms with Crippen LogP contribution in [0.5, 0.6) is 0 Å². The maximum Gasteiger partial charge on any atom is 0.225 e. The highest BCUT2D eigenvalue weighted by molar-refractivity contribution is 7.17. The Morgan fingerprint density at radius 3 is 2.83 bits per heavy atom. The van der Waals surface area contributed by atoms with Crippen molar-refractivity contribution >= 4 is 39.0 Å². The first kappa shape index (κ1) is 13.7. The molecule has 0 radical (unpaired) electrons. The number of morpholine rings is 1. The Balaban J connectivity index is 1.73. The fraction of sp³-hybridized carbons (Fsp3) is 0.294. The number of hydrogen-bond donors (Lipinski definition) is 0. The molecule has 3 aromatic rings. The third-order valence-electron chi connectivity index (χ3n) is 4.64. The zero-order chi connectivity index (χ0) is 15.4. The normalized spacial score (nSPS) is 23.1. The third-order valence-corrected chi connectivity index (χ3v) is 5.69. The minimum atomic E-state index is 0.317. The van der Waals surface area contributed by atoms with E-state index >= 15 is 0 Å². The van der Waals surface area contributed by atoms with E-state index in [1.54, 1.807) is 11.3 Å². The zero-order valence-corrected chi connectivity index (χ0v) is 13.8. The topological polar surface area (TPSA) is 38.2 Å². The predicted octanol–water partition coefficient (Wildman–Crippen LogP) is 3.99. The standard InChI is InChI=1S/C17H14ClN3OS/c18-17-19-15(21-7-12-6-11(21)8-22-12)14-13(9-23-16(14)20-17)10-4-2-1-3-5-10/h1-5,9,11-12H,6-8H2. The van der Waals surface area contributed by atoms with E-state index in [1.165, 1.54) is 11.1 Å². The number of aromatic nitrogens is 2. The molecule has 2 aliphatic rings. The number of rotatable bonds is 2. The first-order valence-electron chi connectivity index (χ1n) is 7.68. The number of nitrogens with zero attached hydrogens (tertiary/aromatic N) is 3. The van der Waals surface area contributed by atoms with Gasteiger partial charge in [-0.1, -0.05) is 30.3 Å². The van der Waals surface area contributed by atoms with Crippen molar-refractivity contribution in [2.24, 2.45) is 0 Å². The number of benzene rings is 1. The van der Waals surface area contributed by atoms with E-state index in [-0.39, 0.29) is 0 Å². The molecule has 2 saturated heterocycles. The SMILES string of the molecule is Clc1nc(N2CC3CC2CO3)c2c(-c3ccccc3)csc2n1. The lowest BCUT2D eigenvalue weighted by Crippen LogP contribution is -2.37.